The number of aliphatic hydroxyl groups excluding tert-OH is 6. The number of unbranched alkanes of at least 4 members (excludes halogenated alkanes) is 30. The van der Waals surface area contributed by atoms with Crippen LogP contribution < -0.4 is 5.32 Å². The van der Waals surface area contributed by atoms with E-state index in [1.165, 1.54) is 167 Å². The third kappa shape index (κ3) is 30.0. The van der Waals surface area contributed by atoms with E-state index < -0.39 is 61.3 Å². The van der Waals surface area contributed by atoms with Crippen molar-refractivity contribution in [1.29, 1.82) is 0 Å². The number of hydrogen-bond acceptors (Lipinski definition) is 9. The second-order valence-electron chi connectivity index (χ2n) is 18.1. The van der Waals surface area contributed by atoms with Crippen LogP contribution in [0.3, 0.4) is 0 Å². The molecule has 0 radical (unpaired) electrons. The molecule has 1 amide bonds. The molecule has 10 heteroatoms. The van der Waals surface area contributed by atoms with E-state index in [1.807, 2.05) is 0 Å². The molecule has 7 N–H and O–H groups in total. The summed E-state index contributed by atoms with van der Waals surface area (Å²) in [7, 11) is 0. The van der Waals surface area contributed by atoms with E-state index in [4.69, 9.17) is 9.47 Å². The third-order valence-corrected chi connectivity index (χ3v) is 12.6. The van der Waals surface area contributed by atoms with Crippen molar-refractivity contribution in [3.8, 4) is 0 Å². The fourth-order valence-corrected chi connectivity index (χ4v) is 8.60. The fourth-order valence-electron chi connectivity index (χ4n) is 8.60. The van der Waals surface area contributed by atoms with Crippen molar-refractivity contribution in [2.75, 3.05) is 19.8 Å². The molecule has 0 spiro atoms. The second-order valence-corrected chi connectivity index (χ2v) is 18.1. The van der Waals surface area contributed by atoms with E-state index in [-0.39, 0.29) is 19.4 Å². The number of ether oxygens (including phenoxy) is 2. The normalized spacial score (nSPS) is 21.1. The van der Waals surface area contributed by atoms with Gasteiger partial charge in [-0.15, -0.1) is 0 Å². The zero-order valence-corrected chi connectivity index (χ0v) is 38.4. The molecule has 0 unspecified atom stereocenters. The summed E-state index contributed by atoms with van der Waals surface area (Å²) in [5.41, 5.74) is 0. The van der Waals surface area contributed by atoms with Gasteiger partial charge in [-0.2, -0.15) is 0 Å². The molecule has 1 aliphatic heterocycles. The molecule has 8 atom stereocenters. The van der Waals surface area contributed by atoms with E-state index >= 15 is 0 Å². The monoisotopic (exact) mass is 844 g/mol. The van der Waals surface area contributed by atoms with Gasteiger partial charge in [-0.05, 0) is 25.7 Å². The Morgan fingerprint density at radius 2 is 0.898 bits per heavy atom. The fraction of sp³-hybridized carbons (Fsp3) is 0.980. The molecule has 0 saturated carbocycles. The topological polar surface area (TPSA) is 169 Å². The number of rotatable bonds is 43. The first-order valence-electron chi connectivity index (χ1n) is 25.3. The third-order valence-electron chi connectivity index (χ3n) is 12.6. The van der Waals surface area contributed by atoms with Crippen molar-refractivity contribution in [2.24, 2.45) is 0 Å². The second kappa shape index (κ2) is 40.0. The highest BCUT2D eigenvalue weighted by Crippen LogP contribution is 2.26. The van der Waals surface area contributed by atoms with Gasteiger partial charge in [-0.1, -0.05) is 213 Å². The van der Waals surface area contributed by atoms with Gasteiger partial charge in [0.15, 0.2) is 0 Å². The SMILES string of the molecule is CCCCCCCCCCCCCCCCCCCCCCOCC(=O)N[C@@H](CC[C@H]1O[C@H](CO)[C@H](O)[C@H](O)[C@H]1O)[C@H](O)[C@H](O)CCCCCCCCCCCCCC. The maximum Gasteiger partial charge on any atom is 0.246 e. The minimum atomic E-state index is -1.50. The number of nitrogens with one attached hydrogen (secondary N) is 1. The Labute approximate surface area is 362 Å². The minimum absolute atomic E-state index is 0.120. The maximum atomic E-state index is 13.0. The van der Waals surface area contributed by atoms with Gasteiger partial charge in [0.05, 0.1) is 31.0 Å². The van der Waals surface area contributed by atoms with Crippen LogP contribution in [-0.2, 0) is 14.3 Å². The van der Waals surface area contributed by atoms with Crippen molar-refractivity contribution < 1.29 is 44.9 Å². The number of amides is 1. The van der Waals surface area contributed by atoms with Crippen LogP contribution in [0.2, 0.25) is 0 Å². The molecule has 0 aromatic heterocycles. The van der Waals surface area contributed by atoms with E-state index in [0.717, 1.165) is 38.5 Å². The van der Waals surface area contributed by atoms with Gasteiger partial charge in [0, 0.05) is 6.61 Å². The molecule has 1 saturated heterocycles. The van der Waals surface area contributed by atoms with E-state index in [2.05, 4.69) is 19.2 Å². The van der Waals surface area contributed by atoms with Crippen molar-refractivity contribution in [1.82, 2.24) is 5.32 Å². The van der Waals surface area contributed by atoms with E-state index in [0.29, 0.717) is 13.0 Å². The Kier molecular flexibility index (Phi) is 38.0. The maximum absolute atomic E-state index is 13.0. The van der Waals surface area contributed by atoms with Crippen molar-refractivity contribution in [3.05, 3.63) is 0 Å². The molecule has 0 aromatic rings. The summed E-state index contributed by atoms with van der Waals surface area (Å²) in [5.74, 6) is -0.395. The van der Waals surface area contributed by atoms with Crippen LogP contribution in [0.4, 0.5) is 0 Å². The minimum Gasteiger partial charge on any atom is -0.394 e. The molecule has 10 nitrogen and oxygen atoms in total. The van der Waals surface area contributed by atoms with Gasteiger partial charge in [0.1, 0.15) is 31.0 Å². The van der Waals surface area contributed by atoms with E-state index in [9.17, 15) is 35.4 Å². The average Bonchev–Trinajstić information content (AvgIpc) is 3.23. The molecule has 0 aliphatic carbocycles. The first-order chi connectivity index (χ1) is 28.8. The quantitative estimate of drug-likeness (QED) is 0.0296. The average molecular weight is 844 g/mol. The van der Waals surface area contributed by atoms with Gasteiger partial charge in [-0.3, -0.25) is 4.79 Å². The number of carbonyl (C=O) groups excluding carboxylic acids is 1. The summed E-state index contributed by atoms with van der Waals surface area (Å²) in [6.07, 6.45) is 32.9. The zero-order valence-electron chi connectivity index (χ0n) is 38.4. The molecule has 352 valence electrons. The van der Waals surface area contributed by atoms with Gasteiger partial charge < -0.3 is 45.4 Å². The lowest BCUT2D eigenvalue weighted by Crippen LogP contribution is -2.59. The molecule has 1 heterocycles. The number of aliphatic hydroxyl groups is 6. The number of carbonyl (C=O) groups is 1. The van der Waals surface area contributed by atoms with Crippen LogP contribution in [0.5, 0.6) is 0 Å². The lowest BCUT2D eigenvalue weighted by molar-refractivity contribution is -0.231. The van der Waals surface area contributed by atoms with Crippen molar-refractivity contribution in [2.45, 2.75) is 287 Å². The predicted octanol–water partition coefficient (Wildman–Crippen LogP) is 9.75. The molecule has 1 fully saturated rings. The van der Waals surface area contributed by atoms with Gasteiger partial charge >= 0.3 is 0 Å². The summed E-state index contributed by atoms with van der Waals surface area (Å²) in [5, 5.41) is 65.5. The van der Waals surface area contributed by atoms with Crippen LogP contribution in [0.25, 0.3) is 0 Å². The first kappa shape index (κ1) is 56.2. The van der Waals surface area contributed by atoms with Crippen LogP contribution in [-0.4, -0.2) is 105 Å². The largest absolute Gasteiger partial charge is 0.394 e. The van der Waals surface area contributed by atoms with Crippen LogP contribution in [0, 0.1) is 0 Å². The van der Waals surface area contributed by atoms with Crippen LogP contribution >= 0.6 is 0 Å². The molecule has 1 rings (SSSR count). The van der Waals surface area contributed by atoms with Crippen LogP contribution in [0.1, 0.15) is 239 Å². The summed E-state index contributed by atoms with van der Waals surface area (Å²) in [4.78, 5) is 13.0. The summed E-state index contributed by atoms with van der Waals surface area (Å²) < 4.78 is 11.3. The Morgan fingerprint density at radius 1 is 0.525 bits per heavy atom. The summed E-state index contributed by atoms with van der Waals surface area (Å²) in [6, 6.07) is -0.842. The lowest BCUT2D eigenvalue weighted by Gasteiger charge is -2.40. The van der Waals surface area contributed by atoms with Gasteiger partial charge in [0.2, 0.25) is 5.91 Å². The Morgan fingerprint density at radius 3 is 1.31 bits per heavy atom. The standard InChI is InChI=1S/C49H97NO9/c1-3-5-7-9-11-13-15-17-18-19-20-21-22-23-24-26-28-30-32-34-38-58-40-45(53)50-41(36-37-43-47(55)49(57)48(56)44(39-51)59-43)46(54)42(52)35-33-31-29-27-25-16-14-12-10-8-6-4-2/h41-44,46-49,51-52,54-57H,3-40H2,1-2H3,(H,50,53)/t41-,42+,43+,44+,46-,47-,48-,49+/m0/s1. The Bertz CT molecular complexity index is 911. The Balaban J connectivity index is 2.28. The predicted molar refractivity (Wildman–Crippen MR) is 241 cm³/mol. The first-order valence-corrected chi connectivity index (χ1v) is 25.3. The highest BCUT2D eigenvalue weighted by molar-refractivity contribution is 5.77. The van der Waals surface area contributed by atoms with Crippen molar-refractivity contribution >= 4 is 5.91 Å². The summed E-state index contributed by atoms with van der Waals surface area (Å²) in [6.45, 7) is 4.31. The molecular formula is C49H97NO9. The molecular weight excluding hydrogens is 747 g/mol. The van der Waals surface area contributed by atoms with Crippen LogP contribution in [0.15, 0.2) is 0 Å². The van der Waals surface area contributed by atoms with Gasteiger partial charge in [0.25, 0.3) is 0 Å². The summed E-state index contributed by atoms with van der Waals surface area (Å²) >= 11 is 0. The molecule has 1 aliphatic rings. The van der Waals surface area contributed by atoms with Gasteiger partial charge in [-0.25, -0.2) is 0 Å². The zero-order chi connectivity index (χ0) is 43.2. The number of hydrogen-bond donors (Lipinski definition) is 7. The molecule has 0 aromatic carbocycles. The molecule has 59 heavy (non-hydrogen) atoms. The Hall–Kier alpha value is -0.850. The molecule has 0 bridgehead atoms. The lowest BCUT2D eigenvalue weighted by atomic mass is 9.90. The highest BCUT2D eigenvalue weighted by atomic mass is 16.5. The smallest absolute Gasteiger partial charge is 0.246 e. The van der Waals surface area contributed by atoms with Crippen molar-refractivity contribution in [3.63, 3.8) is 0 Å². The van der Waals surface area contributed by atoms with E-state index in [1.54, 1.807) is 0 Å². The highest BCUT2D eigenvalue weighted by Gasteiger charge is 2.43.